The Bertz CT molecular complexity index is 6370. The molecule has 0 bridgehead atoms. The molecule has 0 aliphatic heterocycles. The third kappa shape index (κ3) is 20.1. The van der Waals surface area contributed by atoms with Crippen LogP contribution < -0.4 is 18.9 Å². The van der Waals surface area contributed by atoms with Gasteiger partial charge in [0.25, 0.3) is 0 Å². The SMILES string of the molecule is CCCCCCCCOc1cccc(-c2nc3c(C)ccc(-c4ccc(-c5ccc(-c6ccc(-c7ccc(-c8cc9c(-c%10cccc(OCC(CC)CCCC)c%10)c%10sc(C)cc%10c(-c%10cccc(OCC(CC)CCCC)c%10)c9s8)c8nc(-c9cccc(C)c9)c(-c9cccc(OCCCCCCCC)c9)nc78)s6)c(F)c5F)s4)c3nc2-c2cccc(C)c2)c1. The summed E-state index contributed by atoms with van der Waals surface area (Å²) in [6.45, 7) is 24.7. The van der Waals surface area contributed by atoms with Crippen LogP contribution in [-0.4, -0.2) is 46.4 Å². The van der Waals surface area contributed by atoms with E-state index in [-0.39, 0.29) is 11.1 Å². The van der Waals surface area contributed by atoms with Gasteiger partial charge in [-0.3, -0.25) is 0 Å². The lowest BCUT2D eigenvalue weighted by Crippen LogP contribution is -2.11. The average Bonchev–Trinajstić information content (AvgIpc) is 1.54. The first kappa shape index (κ1) is 88.7. The van der Waals surface area contributed by atoms with Crippen LogP contribution in [0, 0.1) is 51.2 Å². The minimum atomic E-state index is -0.921. The minimum Gasteiger partial charge on any atom is -0.494 e. The van der Waals surface area contributed by atoms with Crippen molar-refractivity contribution in [3.8, 4) is 142 Å². The second-order valence-corrected chi connectivity index (χ2v) is 38.7. The highest BCUT2D eigenvalue weighted by molar-refractivity contribution is 7.24. The van der Waals surface area contributed by atoms with E-state index < -0.39 is 11.6 Å². The van der Waals surface area contributed by atoms with E-state index in [4.69, 9.17) is 38.9 Å². The number of unbranched alkanes of at least 4 members (excludes halogenated alkanes) is 12. The number of aryl methyl sites for hydroxylation is 4. The van der Waals surface area contributed by atoms with E-state index in [1.807, 2.05) is 53.8 Å². The molecule has 0 saturated carbocycles. The van der Waals surface area contributed by atoms with Crippen molar-refractivity contribution >= 4 is 87.6 Å². The molecule has 10 aromatic carbocycles. The van der Waals surface area contributed by atoms with Crippen molar-refractivity contribution in [3.05, 3.63) is 252 Å². The molecular formula is C112H116F2N4O4S4. The van der Waals surface area contributed by atoms with Crippen LogP contribution in [0.1, 0.15) is 192 Å². The largest absolute Gasteiger partial charge is 0.494 e. The Labute approximate surface area is 759 Å². The van der Waals surface area contributed by atoms with Crippen molar-refractivity contribution < 1.29 is 27.7 Å². The maximum absolute atomic E-state index is 17.6. The first-order valence-corrected chi connectivity index (χ1v) is 49.4. The van der Waals surface area contributed by atoms with E-state index in [9.17, 15) is 0 Å². The standard InChI is InChI=1S/C112H116F2N4O4S4/c1-11-17-21-23-25-27-59-119-83-45-33-43-81(66-83)106-104(79-41-29-35-71(7)61-79)116-108-89(50-49-73(9)103(108)115-106)96-57-55-94(124-96)87-51-52-88(102(114)101(87)113)95-56-58-97(125-95)90-53-54-91(110-109(90)118-107(105(117-110)80-42-30-36-72(8)62-80)82-44-34-46-84(67-82)120-60-28-26-24-22-18-12-2)98-68-93-100(78-40-32-48-86(65-78)122-70-76(16-6)38-20-14-4)111-92(63-74(10)123-111)99(112(93)126-98)77-39-31-47-85(64-77)121-69-75(15-5)37-19-13-3/h29-36,39-58,61-68,75-76H,11-28,37-38,59-60,69-70H2,1-10H3. The quantitative estimate of drug-likeness (QED) is 0.0350. The second kappa shape index (κ2) is 41.8. The lowest BCUT2D eigenvalue weighted by atomic mass is 9.93. The van der Waals surface area contributed by atoms with Crippen LogP contribution in [-0.2, 0) is 0 Å². The van der Waals surface area contributed by atoms with Gasteiger partial charge >= 0.3 is 0 Å². The van der Waals surface area contributed by atoms with Crippen molar-refractivity contribution in [2.45, 2.75) is 198 Å². The molecule has 0 saturated heterocycles. The zero-order valence-electron chi connectivity index (χ0n) is 74.7. The van der Waals surface area contributed by atoms with Gasteiger partial charge in [0, 0.05) is 111 Å². The van der Waals surface area contributed by atoms with Crippen LogP contribution in [0.15, 0.2) is 218 Å². The van der Waals surface area contributed by atoms with E-state index >= 15 is 8.78 Å². The highest BCUT2D eigenvalue weighted by Crippen LogP contribution is 2.54. The summed E-state index contributed by atoms with van der Waals surface area (Å²) in [5.41, 5.74) is 20.1. The van der Waals surface area contributed by atoms with Gasteiger partial charge in [-0.1, -0.05) is 265 Å². The number of hydrogen-bond acceptors (Lipinski definition) is 12. The van der Waals surface area contributed by atoms with Gasteiger partial charge in [0.1, 0.15) is 23.0 Å². The number of benzene rings is 10. The van der Waals surface area contributed by atoms with Crippen molar-refractivity contribution in [1.29, 1.82) is 0 Å². The molecule has 16 rings (SSSR count). The predicted octanol–water partition coefficient (Wildman–Crippen LogP) is 34.6. The normalized spacial score (nSPS) is 12.2. The van der Waals surface area contributed by atoms with Gasteiger partial charge in [-0.25, -0.2) is 28.7 Å². The molecule has 6 aromatic heterocycles. The van der Waals surface area contributed by atoms with E-state index in [1.165, 1.54) is 102 Å². The fourth-order valence-electron chi connectivity index (χ4n) is 17.5. The van der Waals surface area contributed by atoms with Gasteiger partial charge in [-0.05, 0) is 191 Å². The third-order valence-corrected chi connectivity index (χ3v) is 29.2. The Morgan fingerprint density at radius 3 is 1.10 bits per heavy atom. The summed E-state index contributed by atoms with van der Waals surface area (Å²) in [4.78, 5) is 28.0. The molecule has 2 unspecified atom stereocenters. The maximum Gasteiger partial charge on any atom is 0.168 e. The first-order chi connectivity index (χ1) is 61.7. The number of rotatable bonds is 41. The van der Waals surface area contributed by atoms with Gasteiger partial charge in [-0.2, -0.15) is 0 Å². The van der Waals surface area contributed by atoms with E-state index in [0.29, 0.717) is 64.7 Å². The van der Waals surface area contributed by atoms with Crippen LogP contribution in [0.2, 0.25) is 0 Å². The molecule has 646 valence electrons. The molecule has 0 radical (unpaired) electrons. The van der Waals surface area contributed by atoms with Gasteiger partial charge in [0.2, 0.25) is 0 Å². The highest BCUT2D eigenvalue weighted by Gasteiger charge is 2.29. The lowest BCUT2D eigenvalue weighted by molar-refractivity contribution is 0.233. The van der Waals surface area contributed by atoms with E-state index in [2.05, 4.69) is 233 Å². The van der Waals surface area contributed by atoms with Gasteiger partial charge in [-0.15, -0.1) is 45.3 Å². The van der Waals surface area contributed by atoms with Crippen molar-refractivity contribution in [1.82, 2.24) is 19.9 Å². The zero-order chi connectivity index (χ0) is 87.2. The Morgan fingerprint density at radius 2 is 0.651 bits per heavy atom. The molecule has 0 spiro atoms. The number of thiophene rings is 4. The molecule has 0 aliphatic rings. The molecule has 0 aliphatic carbocycles. The molecule has 0 amide bonds. The highest BCUT2D eigenvalue weighted by atomic mass is 32.1. The number of aromatic nitrogens is 4. The van der Waals surface area contributed by atoms with Crippen LogP contribution in [0.25, 0.3) is 162 Å². The van der Waals surface area contributed by atoms with Crippen molar-refractivity contribution in [2.24, 2.45) is 11.8 Å². The summed E-state index contributed by atoms with van der Waals surface area (Å²) in [7, 11) is 0. The number of nitrogens with zero attached hydrogens (tertiary/aromatic N) is 4. The summed E-state index contributed by atoms with van der Waals surface area (Å²) in [6.07, 6.45) is 23.2. The first-order valence-electron chi connectivity index (χ1n) is 46.1. The van der Waals surface area contributed by atoms with Crippen LogP contribution >= 0.6 is 45.3 Å². The van der Waals surface area contributed by atoms with Crippen LogP contribution in [0.4, 0.5) is 8.78 Å². The maximum atomic E-state index is 17.6. The van der Waals surface area contributed by atoms with E-state index in [0.717, 1.165) is 218 Å². The second-order valence-electron chi connectivity index (χ2n) is 34.2. The molecule has 2 atom stereocenters. The number of ether oxygens (including phenoxy) is 4. The Morgan fingerprint density at radius 1 is 0.302 bits per heavy atom. The fourth-order valence-corrected chi connectivity index (χ4v) is 22.0. The Balaban J connectivity index is 0.808. The predicted molar refractivity (Wildman–Crippen MR) is 533 cm³/mol. The van der Waals surface area contributed by atoms with Gasteiger partial charge in [0.15, 0.2) is 11.6 Å². The van der Waals surface area contributed by atoms with Crippen LogP contribution in [0.5, 0.6) is 23.0 Å². The summed E-state index contributed by atoms with van der Waals surface area (Å²) >= 11 is 6.44. The number of halogens is 2. The topological polar surface area (TPSA) is 88.5 Å². The summed E-state index contributed by atoms with van der Waals surface area (Å²) in [6, 6.07) is 75.5. The summed E-state index contributed by atoms with van der Waals surface area (Å²) in [5, 5.41) is 2.32. The zero-order valence-corrected chi connectivity index (χ0v) is 78.0. The molecular weight excluding hydrogens is 1630 g/mol. The lowest BCUT2D eigenvalue weighted by Gasteiger charge is -2.17. The van der Waals surface area contributed by atoms with Crippen molar-refractivity contribution in [2.75, 3.05) is 26.4 Å². The third-order valence-electron chi connectivity index (χ3n) is 24.7. The summed E-state index contributed by atoms with van der Waals surface area (Å²) in [5.74, 6) is 2.39. The molecule has 14 heteroatoms. The Kier molecular flexibility index (Phi) is 29.4. The molecule has 0 N–H and O–H groups in total. The fraction of sp³-hybridized carbons (Fsp3) is 0.321. The van der Waals surface area contributed by atoms with Gasteiger partial charge < -0.3 is 18.9 Å². The molecule has 0 fully saturated rings. The number of fused-ring (bicyclic) bond motifs is 4. The summed E-state index contributed by atoms with van der Waals surface area (Å²) < 4.78 is 64.1. The minimum absolute atomic E-state index is 0.168. The van der Waals surface area contributed by atoms with Crippen molar-refractivity contribution in [3.63, 3.8) is 0 Å². The average molecular weight is 1750 g/mol. The number of hydrogen-bond donors (Lipinski definition) is 0. The molecule has 126 heavy (non-hydrogen) atoms. The van der Waals surface area contributed by atoms with E-state index in [1.54, 1.807) is 23.5 Å². The molecule has 8 nitrogen and oxygen atoms in total. The molecule has 6 heterocycles. The Hall–Kier alpha value is -10.7. The van der Waals surface area contributed by atoms with Crippen LogP contribution in [0.3, 0.4) is 0 Å². The monoisotopic (exact) mass is 1750 g/mol. The van der Waals surface area contributed by atoms with Gasteiger partial charge in [0.05, 0.1) is 71.3 Å². The molecule has 16 aromatic rings. The smallest absolute Gasteiger partial charge is 0.168 e.